The molecule has 0 bridgehead atoms. The third kappa shape index (κ3) is 4.95. The van der Waals surface area contributed by atoms with Gasteiger partial charge in [0.1, 0.15) is 12.7 Å². The first-order chi connectivity index (χ1) is 16.2. The van der Waals surface area contributed by atoms with Crippen LogP contribution in [0.4, 0.5) is 0 Å². The van der Waals surface area contributed by atoms with Crippen molar-refractivity contribution < 1.29 is 14.3 Å². The average molecular weight is 506 g/mol. The first kappa shape index (κ1) is 24.9. The van der Waals surface area contributed by atoms with Crippen LogP contribution < -0.4 is 20.8 Å². The van der Waals surface area contributed by atoms with E-state index in [2.05, 4.69) is 4.98 Å². The van der Waals surface area contributed by atoms with Crippen molar-refractivity contribution >= 4 is 29.3 Å². The van der Waals surface area contributed by atoms with Crippen LogP contribution in [0, 0.1) is 19.8 Å². The molecule has 9 heteroatoms. The third-order valence-corrected chi connectivity index (χ3v) is 7.95. The lowest BCUT2D eigenvalue weighted by atomic mass is 9.83. The number of rotatable bonds is 5. The summed E-state index contributed by atoms with van der Waals surface area (Å²) in [6, 6.07) is 3.81. The van der Waals surface area contributed by atoms with Gasteiger partial charge in [-0.15, -0.1) is 11.8 Å². The maximum Gasteiger partial charge on any atom is 0.254 e. The molecule has 0 saturated heterocycles. The molecule has 1 aromatic carbocycles. The molecule has 1 saturated carbocycles. The summed E-state index contributed by atoms with van der Waals surface area (Å²) in [7, 11) is 1.68. The monoisotopic (exact) mass is 505 g/mol. The van der Waals surface area contributed by atoms with E-state index in [1.54, 1.807) is 13.1 Å². The lowest BCUT2D eigenvalue weighted by Gasteiger charge is -2.36. The van der Waals surface area contributed by atoms with Gasteiger partial charge in [-0.3, -0.25) is 9.59 Å². The number of aromatic nitrogens is 1. The Kier molecular flexibility index (Phi) is 7.50. The highest BCUT2D eigenvalue weighted by atomic mass is 35.5. The van der Waals surface area contributed by atoms with Crippen LogP contribution in [0.15, 0.2) is 21.8 Å². The number of nitrogens with one attached hydrogen (secondary N) is 1. The van der Waals surface area contributed by atoms with Crippen molar-refractivity contribution in [3.05, 3.63) is 49.9 Å². The van der Waals surface area contributed by atoms with Gasteiger partial charge in [0.05, 0.1) is 17.1 Å². The van der Waals surface area contributed by atoms with Crippen LogP contribution in [-0.2, 0) is 6.54 Å². The number of amides is 1. The van der Waals surface area contributed by atoms with Crippen LogP contribution in [0.3, 0.4) is 0 Å². The Morgan fingerprint density at radius 2 is 1.94 bits per heavy atom. The SMILES string of the molecule is CSc1cc(C)[nH]c(=O)c1CN(C)C(=O)c1cc(Cl)c2c(c1C)O[C@@H]([C@H]1CC[C@@H](N)CC1)CO2. The fourth-order valence-corrected chi connectivity index (χ4v) is 5.78. The van der Waals surface area contributed by atoms with E-state index >= 15 is 0 Å². The van der Waals surface area contributed by atoms with Gasteiger partial charge in [0.2, 0.25) is 0 Å². The molecule has 1 fully saturated rings. The highest BCUT2D eigenvalue weighted by Gasteiger charge is 2.34. The van der Waals surface area contributed by atoms with Crippen LogP contribution in [0.2, 0.25) is 5.02 Å². The molecule has 0 radical (unpaired) electrons. The summed E-state index contributed by atoms with van der Waals surface area (Å²) in [4.78, 5) is 31.2. The second kappa shape index (κ2) is 10.2. The zero-order valence-electron chi connectivity index (χ0n) is 20.1. The van der Waals surface area contributed by atoms with E-state index in [9.17, 15) is 9.59 Å². The van der Waals surface area contributed by atoms with Gasteiger partial charge in [-0.2, -0.15) is 0 Å². The molecule has 0 unspecified atom stereocenters. The highest BCUT2D eigenvalue weighted by molar-refractivity contribution is 7.98. The first-order valence-corrected chi connectivity index (χ1v) is 13.2. The highest BCUT2D eigenvalue weighted by Crippen LogP contribution is 2.45. The zero-order valence-corrected chi connectivity index (χ0v) is 21.6. The number of fused-ring (bicyclic) bond motifs is 1. The number of aromatic amines is 1. The van der Waals surface area contributed by atoms with Crippen molar-refractivity contribution in [1.29, 1.82) is 0 Å². The molecule has 2 aromatic rings. The first-order valence-electron chi connectivity index (χ1n) is 11.6. The number of halogens is 1. The van der Waals surface area contributed by atoms with Gasteiger partial charge in [0.15, 0.2) is 11.5 Å². The number of carbonyl (C=O) groups excluding carboxylic acids is 1. The van der Waals surface area contributed by atoms with E-state index in [1.807, 2.05) is 26.2 Å². The Bertz CT molecular complexity index is 1140. The Labute approximate surface area is 209 Å². The molecule has 4 rings (SSSR count). The van der Waals surface area contributed by atoms with Crippen molar-refractivity contribution in [2.24, 2.45) is 11.7 Å². The van der Waals surface area contributed by atoms with Crippen LogP contribution in [0.5, 0.6) is 11.5 Å². The number of thioether (sulfide) groups is 1. The van der Waals surface area contributed by atoms with Crippen LogP contribution in [-0.4, -0.2) is 47.8 Å². The molecular formula is C25H32ClN3O4S. The van der Waals surface area contributed by atoms with E-state index in [0.717, 1.165) is 36.3 Å². The Hall–Kier alpha value is -2.16. The number of H-pyrrole nitrogens is 1. The maximum absolute atomic E-state index is 13.4. The minimum absolute atomic E-state index is 0.0897. The fourth-order valence-electron chi connectivity index (χ4n) is 4.83. The third-order valence-electron chi connectivity index (χ3n) is 6.86. The largest absolute Gasteiger partial charge is 0.484 e. The van der Waals surface area contributed by atoms with Crippen LogP contribution in [0.1, 0.15) is 52.9 Å². The topological polar surface area (TPSA) is 97.7 Å². The number of hydrogen-bond donors (Lipinski definition) is 2. The number of benzene rings is 1. The van der Waals surface area contributed by atoms with Crippen molar-refractivity contribution in [2.75, 3.05) is 19.9 Å². The van der Waals surface area contributed by atoms with Crippen molar-refractivity contribution in [3.8, 4) is 11.5 Å². The molecule has 34 heavy (non-hydrogen) atoms. The van der Waals surface area contributed by atoms with Gasteiger partial charge in [-0.25, -0.2) is 0 Å². The molecule has 1 atom stereocenters. The summed E-state index contributed by atoms with van der Waals surface area (Å²) < 4.78 is 12.4. The molecule has 1 aliphatic carbocycles. The Balaban J connectivity index is 1.58. The number of ether oxygens (including phenoxy) is 2. The average Bonchev–Trinajstić information content (AvgIpc) is 2.82. The van der Waals surface area contributed by atoms with Gasteiger partial charge >= 0.3 is 0 Å². The van der Waals surface area contributed by atoms with Crippen molar-refractivity contribution in [2.45, 2.75) is 63.1 Å². The summed E-state index contributed by atoms with van der Waals surface area (Å²) >= 11 is 8.01. The molecule has 3 N–H and O–H groups in total. The van der Waals surface area contributed by atoms with Crippen molar-refractivity contribution in [1.82, 2.24) is 9.88 Å². The second-order valence-electron chi connectivity index (χ2n) is 9.32. The summed E-state index contributed by atoms with van der Waals surface area (Å²) in [5.74, 6) is 1.16. The lowest BCUT2D eigenvalue weighted by molar-refractivity contribution is 0.0314. The number of carbonyl (C=O) groups is 1. The normalized spacial score (nSPS) is 21.9. The quantitative estimate of drug-likeness (QED) is 0.588. The molecule has 1 amide bonds. The Morgan fingerprint density at radius 1 is 1.24 bits per heavy atom. The second-order valence-corrected chi connectivity index (χ2v) is 10.6. The van der Waals surface area contributed by atoms with Gasteiger partial charge in [0, 0.05) is 34.8 Å². The molecular weight excluding hydrogens is 474 g/mol. The molecule has 1 aliphatic heterocycles. The fraction of sp³-hybridized carbons (Fsp3) is 0.520. The summed E-state index contributed by atoms with van der Waals surface area (Å²) in [5, 5.41) is 0.347. The van der Waals surface area contributed by atoms with Gasteiger partial charge in [0.25, 0.3) is 11.5 Å². The maximum atomic E-state index is 13.4. The predicted molar refractivity (Wildman–Crippen MR) is 135 cm³/mol. The molecule has 2 heterocycles. The summed E-state index contributed by atoms with van der Waals surface area (Å²) in [6.07, 6.45) is 5.80. The van der Waals surface area contributed by atoms with E-state index in [1.165, 1.54) is 16.7 Å². The van der Waals surface area contributed by atoms with E-state index in [-0.39, 0.29) is 30.2 Å². The number of aryl methyl sites for hydroxylation is 1. The minimum Gasteiger partial charge on any atom is -0.484 e. The van der Waals surface area contributed by atoms with Gasteiger partial charge < -0.3 is 25.1 Å². The number of pyridine rings is 1. The molecule has 2 aliphatic rings. The molecule has 184 valence electrons. The summed E-state index contributed by atoms with van der Waals surface area (Å²) in [5.41, 5.74) is 8.36. The smallest absolute Gasteiger partial charge is 0.254 e. The van der Waals surface area contributed by atoms with E-state index < -0.39 is 0 Å². The summed E-state index contributed by atoms with van der Waals surface area (Å²) in [6.45, 7) is 4.31. The number of hydrogen-bond acceptors (Lipinski definition) is 6. The van der Waals surface area contributed by atoms with E-state index in [0.29, 0.717) is 45.7 Å². The van der Waals surface area contributed by atoms with Crippen LogP contribution in [0.25, 0.3) is 0 Å². The number of nitrogens with two attached hydrogens (primary N) is 1. The van der Waals surface area contributed by atoms with E-state index in [4.69, 9.17) is 26.8 Å². The van der Waals surface area contributed by atoms with Gasteiger partial charge in [-0.1, -0.05) is 11.6 Å². The minimum atomic E-state index is -0.233. The number of nitrogens with zero attached hydrogens (tertiary/aromatic N) is 1. The van der Waals surface area contributed by atoms with Crippen LogP contribution >= 0.6 is 23.4 Å². The Morgan fingerprint density at radius 3 is 2.62 bits per heavy atom. The molecule has 1 aromatic heterocycles. The zero-order chi connectivity index (χ0) is 24.6. The lowest BCUT2D eigenvalue weighted by Crippen LogP contribution is -2.40. The predicted octanol–water partition coefficient (Wildman–Crippen LogP) is 4.30. The molecule has 7 nitrogen and oxygen atoms in total. The molecule has 0 spiro atoms. The van der Waals surface area contributed by atoms with Gasteiger partial charge in [-0.05, 0) is 63.8 Å². The standard InChI is InChI=1S/C25H32ClN3O4S/c1-13-9-21(34-4)18(24(30)28-13)11-29(3)25(31)17-10-19(26)23-22(14(17)2)33-20(12-32-23)15-5-7-16(27)8-6-15/h9-10,15-16,20H,5-8,11-12,27H2,1-4H3,(H,28,30)/t15-,16+,20-/m1/s1. The van der Waals surface area contributed by atoms with Crippen molar-refractivity contribution in [3.63, 3.8) is 0 Å².